The Kier molecular flexibility index (Phi) is 5.48. The zero-order chi connectivity index (χ0) is 16.6. The molecular weight excluding hydrogens is 316 g/mol. The van der Waals surface area contributed by atoms with E-state index in [1.807, 2.05) is 72.8 Å². The lowest BCUT2D eigenvalue weighted by molar-refractivity contribution is -0.128. The average molecular weight is 332 g/mol. The lowest BCUT2D eigenvalue weighted by Gasteiger charge is -2.04. The van der Waals surface area contributed by atoms with E-state index in [0.717, 1.165) is 16.0 Å². The summed E-state index contributed by atoms with van der Waals surface area (Å²) >= 11 is 1.48. The fourth-order valence-corrected chi connectivity index (χ4v) is 2.81. The molecule has 0 amide bonds. The molecule has 0 bridgehead atoms. The second-order valence-electron chi connectivity index (χ2n) is 5.05. The van der Waals surface area contributed by atoms with Crippen molar-refractivity contribution in [3.8, 4) is 16.9 Å². The van der Waals surface area contributed by atoms with Crippen LogP contribution >= 0.6 is 11.8 Å². The van der Waals surface area contributed by atoms with Crippen LogP contribution in [0.25, 0.3) is 11.1 Å². The van der Waals surface area contributed by atoms with Crippen LogP contribution in [0.15, 0.2) is 101 Å². The molecule has 2 nitrogen and oxygen atoms in total. The van der Waals surface area contributed by atoms with Crippen LogP contribution in [0, 0.1) is 0 Å². The van der Waals surface area contributed by atoms with E-state index < -0.39 is 0 Å². The summed E-state index contributed by atoms with van der Waals surface area (Å²) in [6, 6.07) is 27.4. The molecule has 0 radical (unpaired) electrons. The van der Waals surface area contributed by atoms with Gasteiger partial charge in [-0.05, 0) is 40.8 Å². The summed E-state index contributed by atoms with van der Waals surface area (Å²) < 4.78 is 5.30. The first-order chi connectivity index (χ1) is 11.8. The zero-order valence-corrected chi connectivity index (χ0v) is 13.8. The van der Waals surface area contributed by atoms with Crippen molar-refractivity contribution in [2.45, 2.75) is 4.90 Å². The van der Waals surface area contributed by atoms with Crippen LogP contribution in [0.4, 0.5) is 0 Å². The Morgan fingerprint density at radius 3 is 2.00 bits per heavy atom. The molecule has 0 atom stereocenters. The summed E-state index contributed by atoms with van der Waals surface area (Å²) in [5.74, 6) is 0.153. The first kappa shape index (κ1) is 16.1. The predicted molar refractivity (Wildman–Crippen MR) is 99.0 cm³/mol. The van der Waals surface area contributed by atoms with Crippen molar-refractivity contribution in [1.82, 2.24) is 0 Å². The Hall–Kier alpha value is -2.78. The summed E-state index contributed by atoms with van der Waals surface area (Å²) in [6.45, 7) is 0. The molecule has 3 aromatic rings. The molecule has 24 heavy (non-hydrogen) atoms. The standard InChI is InChI=1S/C21H16O2S/c22-21(15-16-24-20-9-5-2-6-10-20)23-19-13-11-18(12-14-19)17-7-3-1-4-8-17/h1-16H. The van der Waals surface area contributed by atoms with Crippen LogP contribution in [0.5, 0.6) is 5.75 Å². The SMILES string of the molecule is O=C(C=CSc1ccccc1)Oc1ccc(-c2ccccc2)cc1. The van der Waals surface area contributed by atoms with Gasteiger partial charge in [-0.1, -0.05) is 72.4 Å². The van der Waals surface area contributed by atoms with Gasteiger partial charge >= 0.3 is 5.97 Å². The molecule has 0 saturated heterocycles. The van der Waals surface area contributed by atoms with Gasteiger partial charge in [-0.25, -0.2) is 4.79 Å². The van der Waals surface area contributed by atoms with Gasteiger partial charge in [0.1, 0.15) is 5.75 Å². The molecule has 0 unspecified atom stereocenters. The smallest absolute Gasteiger partial charge is 0.336 e. The fraction of sp³-hybridized carbons (Fsp3) is 0. The molecular formula is C21H16O2S. The Morgan fingerprint density at radius 2 is 1.33 bits per heavy atom. The van der Waals surface area contributed by atoms with Gasteiger partial charge in [0.05, 0.1) is 0 Å². The number of hydrogen-bond donors (Lipinski definition) is 0. The maximum absolute atomic E-state index is 11.8. The maximum atomic E-state index is 11.8. The molecule has 3 aromatic carbocycles. The van der Waals surface area contributed by atoms with Gasteiger partial charge in [-0.15, -0.1) is 0 Å². The van der Waals surface area contributed by atoms with Gasteiger partial charge in [0.15, 0.2) is 0 Å². The summed E-state index contributed by atoms with van der Waals surface area (Å²) in [6.07, 6.45) is 1.43. The third-order valence-corrected chi connectivity index (χ3v) is 4.15. The topological polar surface area (TPSA) is 26.3 Å². The molecule has 0 aliphatic carbocycles. The molecule has 3 rings (SSSR count). The van der Waals surface area contributed by atoms with Gasteiger partial charge < -0.3 is 4.74 Å². The number of benzene rings is 3. The summed E-state index contributed by atoms with van der Waals surface area (Å²) in [7, 11) is 0. The largest absolute Gasteiger partial charge is 0.423 e. The Bertz CT molecular complexity index is 809. The highest BCUT2D eigenvalue weighted by Gasteiger charge is 2.02. The van der Waals surface area contributed by atoms with E-state index in [4.69, 9.17) is 4.74 Å². The molecule has 0 heterocycles. The van der Waals surface area contributed by atoms with Crippen molar-refractivity contribution in [2.75, 3.05) is 0 Å². The number of carbonyl (C=O) groups excluding carboxylic acids is 1. The third kappa shape index (κ3) is 4.61. The van der Waals surface area contributed by atoms with Crippen molar-refractivity contribution >= 4 is 17.7 Å². The number of carbonyl (C=O) groups is 1. The molecule has 0 N–H and O–H groups in total. The second kappa shape index (κ2) is 8.18. The monoisotopic (exact) mass is 332 g/mol. The number of hydrogen-bond acceptors (Lipinski definition) is 3. The van der Waals surface area contributed by atoms with Crippen molar-refractivity contribution in [3.63, 3.8) is 0 Å². The van der Waals surface area contributed by atoms with E-state index in [2.05, 4.69) is 0 Å². The minimum Gasteiger partial charge on any atom is -0.423 e. The highest BCUT2D eigenvalue weighted by atomic mass is 32.2. The van der Waals surface area contributed by atoms with Gasteiger partial charge in [0.25, 0.3) is 0 Å². The molecule has 0 saturated carbocycles. The highest BCUT2D eigenvalue weighted by Crippen LogP contribution is 2.22. The van der Waals surface area contributed by atoms with E-state index in [0.29, 0.717) is 5.75 Å². The van der Waals surface area contributed by atoms with Crippen molar-refractivity contribution in [2.24, 2.45) is 0 Å². The number of thioether (sulfide) groups is 1. The minimum absolute atomic E-state index is 0.383. The van der Waals surface area contributed by atoms with E-state index in [9.17, 15) is 4.79 Å². The van der Waals surface area contributed by atoms with Gasteiger partial charge in [-0.2, -0.15) is 0 Å². The van der Waals surface area contributed by atoms with E-state index in [-0.39, 0.29) is 5.97 Å². The third-order valence-electron chi connectivity index (χ3n) is 3.33. The lowest BCUT2D eigenvalue weighted by atomic mass is 10.1. The van der Waals surface area contributed by atoms with E-state index in [1.54, 1.807) is 17.5 Å². The zero-order valence-electron chi connectivity index (χ0n) is 13.0. The first-order valence-electron chi connectivity index (χ1n) is 7.57. The number of ether oxygens (including phenoxy) is 1. The van der Waals surface area contributed by atoms with E-state index in [1.165, 1.54) is 17.8 Å². The second-order valence-corrected chi connectivity index (χ2v) is 6.02. The number of esters is 1. The van der Waals surface area contributed by atoms with Crippen LogP contribution in [0.1, 0.15) is 0 Å². The molecule has 0 aliphatic heterocycles. The van der Waals surface area contributed by atoms with Gasteiger partial charge in [-0.3, -0.25) is 0 Å². The van der Waals surface area contributed by atoms with Crippen LogP contribution < -0.4 is 4.74 Å². The molecule has 0 aliphatic rings. The Morgan fingerprint density at radius 1 is 0.750 bits per heavy atom. The molecule has 0 fully saturated rings. The summed E-state index contributed by atoms with van der Waals surface area (Å²) in [5.41, 5.74) is 2.22. The highest BCUT2D eigenvalue weighted by molar-refractivity contribution is 8.02. The Labute approximate surface area is 145 Å². The van der Waals surface area contributed by atoms with E-state index >= 15 is 0 Å². The van der Waals surface area contributed by atoms with Crippen LogP contribution in [0.2, 0.25) is 0 Å². The van der Waals surface area contributed by atoms with Crippen molar-refractivity contribution < 1.29 is 9.53 Å². The fourth-order valence-electron chi connectivity index (χ4n) is 2.16. The summed E-state index contributed by atoms with van der Waals surface area (Å²) in [5, 5.41) is 1.73. The van der Waals surface area contributed by atoms with Gasteiger partial charge in [0, 0.05) is 11.0 Å². The lowest BCUT2D eigenvalue weighted by Crippen LogP contribution is -2.03. The quantitative estimate of drug-likeness (QED) is 0.265. The maximum Gasteiger partial charge on any atom is 0.336 e. The first-order valence-corrected chi connectivity index (χ1v) is 8.45. The molecule has 118 valence electrons. The Balaban J connectivity index is 1.57. The molecule has 3 heteroatoms. The van der Waals surface area contributed by atoms with Crippen LogP contribution in [-0.4, -0.2) is 5.97 Å². The average Bonchev–Trinajstić information content (AvgIpc) is 2.64. The van der Waals surface area contributed by atoms with Crippen molar-refractivity contribution in [3.05, 3.63) is 96.4 Å². The van der Waals surface area contributed by atoms with Gasteiger partial charge in [0.2, 0.25) is 0 Å². The van der Waals surface area contributed by atoms with Crippen LogP contribution in [-0.2, 0) is 4.79 Å². The van der Waals surface area contributed by atoms with Crippen molar-refractivity contribution in [1.29, 1.82) is 0 Å². The normalized spacial score (nSPS) is 10.7. The predicted octanol–water partition coefficient (Wildman–Crippen LogP) is 5.57. The molecule has 0 aromatic heterocycles. The van der Waals surface area contributed by atoms with Crippen LogP contribution in [0.3, 0.4) is 0 Å². The molecule has 0 spiro atoms. The minimum atomic E-state index is -0.383. The summed E-state index contributed by atoms with van der Waals surface area (Å²) in [4.78, 5) is 12.9. The number of rotatable bonds is 5.